The van der Waals surface area contributed by atoms with Gasteiger partial charge < -0.3 is 0 Å². The van der Waals surface area contributed by atoms with Gasteiger partial charge in [-0.2, -0.15) is 12.6 Å². The van der Waals surface area contributed by atoms with Crippen molar-refractivity contribution in [3.8, 4) is 0 Å². The fourth-order valence-corrected chi connectivity index (χ4v) is 2.97. The quantitative estimate of drug-likeness (QED) is 0.139. The summed E-state index contributed by atoms with van der Waals surface area (Å²) in [5.74, 6) is 0.777. The van der Waals surface area contributed by atoms with Gasteiger partial charge in [-0.25, -0.2) is 5.48 Å². The summed E-state index contributed by atoms with van der Waals surface area (Å²) in [6.07, 6.45) is 20.1. The third kappa shape index (κ3) is 17.8. The molecule has 2 N–H and O–H groups in total. The third-order valence-electron chi connectivity index (χ3n) is 4.19. The van der Waals surface area contributed by atoms with Gasteiger partial charge in [-0.1, -0.05) is 83.5 Å². The molecule has 0 saturated carbocycles. The number of nitrogens with one attached hydrogen (secondary N) is 1. The Morgan fingerprint density at radius 3 is 1.27 bits per heavy atom. The molecule has 0 aromatic rings. The van der Waals surface area contributed by atoms with Crippen molar-refractivity contribution < 1.29 is 10.0 Å². The Morgan fingerprint density at radius 2 is 0.955 bits per heavy atom. The number of hydrogen-bond donors (Lipinski definition) is 3. The predicted molar refractivity (Wildman–Crippen MR) is 97.7 cm³/mol. The Hall–Kier alpha value is -0.220. The van der Waals surface area contributed by atoms with Crippen LogP contribution >= 0.6 is 12.6 Å². The van der Waals surface area contributed by atoms with Crippen LogP contribution in [0.4, 0.5) is 0 Å². The maximum Gasteiger partial charge on any atom is 0.243 e. The van der Waals surface area contributed by atoms with Crippen molar-refractivity contribution in [2.75, 3.05) is 5.75 Å². The molecule has 0 radical (unpaired) electrons. The number of unbranched alkanes of at least 4 members (excludes halogenated alkanes) is 14. The maximum atomic E-state index is 10.8. The van der Waals surface area contributed by atoms with E-state index >= 15 is 0 Å². The maximum absolute atomic E-state index is 10.8. The van der Waals surface area contributed by atoms with E-state index in [-0.39, 0.29) is 5.91 Å². The number of hydrogen-bond acceptors (Lipinski definition) is 3. The molecule has 0 aliphatic carbocycles. The normalized spacial score (nSPS) is 10.8. The van der Waals surface area contributed by atoms with Crippen LogP contribution in [0.1, 0.15) is 103 Å². The van der Waals surface area contributed by atoms with Gasteiger partial charge in [0.25, 0.3) is 0 Å². The van der Waals surface area contributed by atoms with Crippen LogP contribution in [-0.2, 0) is 4.79 Å². The molecule has 0 heterocycles. The first-order chi connectivity index (χ1) is 10.8. The third-order valence-corrected chi connectivity index (χ3v) is 4.50. The lowest BCUT2D eigenvalue weighted by molar-refractivity contribution is -0.129. The second-order valence-corrected chi connectivity index (χ2v) is 6.76. The molecule has 0 aliphatic heterocycles. The Kier molecular flexibility index (Phi) is 18.6. The summed E-state index contributed by atoms with van der Waals surface area (Å²) in [6, 6.07) is 0. The van der Waals surface area contributed by atoms with E-state index in [0.29, 0.717) is 6.42 Å². The first-order valence-electron chi connectivity index (χ1n) is 9.35. The van der Waals surface area contributed by atoms with E-state index in [2.05, 4.69) is 12.6 Å². The van der Waals surface area contributed by atoms with Gasteiger partial charge in [0, 0.05) is 6.42 Å². The van der Waals surface area contributed by atoms with E-state index in [4.69, 9.17) is 5.21 Å². The summed E-state index contributed by atoms with van der Waals surface area (Å²) >= 11 is 4.23. The molecule has 0 aromatic carbocycles. The molecule has 4 heteroatoms. The average Bonchev–Trinajstić information content (AvgIpc) is 2.54. The summed E-state index contributed by atoms with van der Waals surface area (Å²) in [5.41, 5.74) is 1.68. The number of thiol groups is 1. The van der Waals surface area contributed by atoms with E-state index in [0.717, 1.165) is 18.6 Å². The van der Waals surface area contributed by atoms with E-state index in [1.54, 1.807) is 5.48 Å². The van der Waals surface area contributed by atoms with E-state index < -0.39 is 0 Å². The number of rotatable bonds is 17. The van der Waals surface area contributed by atoms with Crippen LogP contribution in [0, 0.1) is 0 Å². The zero-order valence-electron chi connectivity index (χ0n) is 14.3. The Labute approximate surface area is 143 Å². The fraction of sp³-hybridized carbons (Fsp3) is 0.944. The van der Waals surface area contributed by atoms with Crippen molar-refractivity contribution in [1.82, 2.24) is 5.48 Å². The standard InChI is InChI=1S/C18H37NO2S/c20-18(19-21)16-14-12-10-8-6-4-2-1-3-5-7-9-11-13-15-17-22/h21-22H,1-17H2,(H,19,20). The molecule has 0 fully saturated rings. The summed E-state index contributed by atoms with van der Waals surface area (Å²) in [5, 5.41) is 8.36. The van der Waals surface area contributed by atoms with Crippen LogP contribution in [-0.4, -0.2) is 16.9 Å². The first kappa shape index (κ1) is 21.8. The highest BCUT2D eigenvalue weighted by molar-refractivity contribution is 7.80. The van der Waals surface area contributed by atoms with Crippen LogP contribution in [0.15, 0.2) is 0 Å². The average molecular weight is 332 g/mol. The van der Waals surface area contributed by atoms with Gasteiger partial charge in [0.1, 0.15) is 0 Å². The van der Waals surface area contributed by atoms with Crippen molar-refractivity contribution in [2.45, 2.75) is 103 Å². The number of carbonyl (C=O) groups excluding carboxylic acids is 1. The topological polar surface area (TPSA) is 49.3 Å². The highest BCUT2D eigenvalue weighted by Crippen LogP contribution is 2.13. The van der Waals surface area contributed by atoms with Gasteiger partial charge in [0.15, 0.2) is 0 Å². The van der Waals surface area contributed by atoms with Gasteiger partial charge in [0.05, 0.1) is 0 Å². The van der Waals surface area contributed by atoms with Crippen molar-refractivity contribution in [1.29, 1.82) is 0 Å². The fourth-order valence-electron chi connectivity index (χ4n) is 2.75. The number of amides is 1. The van der Waals surface area contributed by atoms with Crippen LogP contribution in [0.25, 0.3) is 0 Å². The smallest absolute Gasteiger partial charge is 0.243 e. The molecule has 0 unspecified atom stereocenters. The molecule has 0 rings (SSSR count). The van der Waals surface area contributed by atoms with E-state index in [9.17, 15) is 4.79 Å². The summed E-state index contributed by atoms with van der Waals surface area (Å²) in [4.78, 5) is 10.8. The minimum Gasteiger partial charge on any atom is -0.289 e. The molecule has 0 saturated heterocycles. The van der Waals surface area contributed by atoms with Crippen LogP contribution in [0.5, 0.6) is 0 Å². The van der Waals surface area contributed by atoms with Crippen molar-refractivity contribution >= 4 is 18.5 Å². The molecule has 1 amide bonds. The minimum absolute atomic E-state index is 0.262. The van der Waals surface area contributed by atoms with Gasteiger partial charge in [0.2, 0.25) is 5.91 Å². The lowest BCUT2D eigenvalue weighted by Crippen LogP contribution is -2.17. The lowest BCUT2D eigenvalue weighted by atomic mass is 10.0. The molecule has 0 aliphatic rings. The predicted octanol–water partition coefficient (Wildman–Crippen LogP) is 5.66. The van der Waals surface area contributed by atoms with Crippen LogP contribution in [0.3, 0.4) is 0 Å². The second-order valence-electron chi connectivity index (χ2n) is 6.31. The lowest BCUT2D eigenvalue weighted by Gasteiger charge is -2.03. The van der Waals surface area contributed by atoms with E-state index in [1.165, 1.54) is 83.5 Å². The molecule has 0 spiro atoms. The van der Waals surface area contributed by atoms with E-state index in [1.807, 2.05) is 0 Å². The first-order valence-corrected chi connectivity index (χ1v) is 9.98. The molecular formula is C18H37NO2S. The molecule has 3 nitrogen and oxygen atoms in total. The molecule has 0 aromatic heterocycles. The molecular weight excluding hydrogens is 294 g/mol. The molecule has 0 atom stereocenters. The second kappa shape index (κ2) is 18.8. The minimum atomic E-state index is -0.262. The molecule has 132 valence electrons. The van der Waals surface area contributed by atoms with Crippen molar-refractivity contribution in [2.24, 2.45) is 0 Å². The number of carbonyl (C=O) groups is 1. The van der Waals surface area contributed by atoms with Gasteiger partial charge in [-0.3, -0.25) is 10.0 Å². The highest BCUT2D eigenvalue weighted by Gasteiger charge is 1.98. The van der Waals surface area contributed by atoms with Crippen LogP contribution in [0.2, 0.25) is 0 Å². The summed E-state index contributed by atoms with van der Waals surface area (Å²) < 4.78 is 0. The van der Waals surface area contributed by atoms with Crippen molar-refractivity contribution in [3.05, 3.63) is 0 Å². The Bertz CT molecular complexity index is 237. The highest BCUT2D eigenvalue weighted by atomic mass is 32.1. The van der Waals surface area contributed by atoms with Gasteiger partial charge >= 0.3 is 0 Å². The summed E-state index contributed by atoms with van der Waals surface area (Å²) in [7, 11) is 0. The van der Waals surface area contributed by atoms with Crippen molar-refractivity contribution in [3.63, 3.8) is 0 Å². The van der Waals surface area contributed by atoms with Gasteiger partial charge in [-0.05, 0) is 18.6 Å². The molecule has 0 bridgehead atoms. The molecule has 22 heavy (non-hydrogen) atoms. The SMILES string of the molecule is O=C(CCCCCCCCCCCCCCCCCS)NO. The van der Waals surface area contributed by atoms with Crippen LogP contribution < -0.4 is 5.48 Å². The summed E-state index contributed by atoms with van der Waals surface area (Å²) in [6.45, 7) is 0. The zero-order valence-corrected chi connectivity index (χ0v) is 15.2. The largest absolute Gasteiger partial charge is 0.289 e. The monoisotopic (exact) mass is 331 g/mol. The Balaban J connectivity index is 2.98. The van der Waals surface area contributed by atoms with Gasteiger partial charge in [-0.15, -0.1) is 0 Å². The Morgan fingerprint density at radius 1 is 0.636 bits per heavy atom. The zero-order chi connectivity index (χ0) is 16.3. The number of hydroxylamine groups is 1.